The van der Waals surface area contributed by atoms with Gasteiger partial charge >= 0.3 is 17.9 Å². The number of carbonyl (C=O) groups excluding carboxylic acids is 3. The third-order valence-corrected chi connectivity index (χ3v) is 11.8. The van der Waals surface area contributed by atoms with Crippen molar-refractivity contribution in [3.8, 4) is 0 Å². The molecule has 1 unspecified atom stereocenters. The lowest BCUT2D eigenvalue weighted by molar-refractivity contribution is -0.167. The fourth-order valence-electron chi connectivity index (χ4n) is 7.51. The van der Waals surface area contributed by atoms with Gasteiger partial charge in [0.2, 0.25) is 0 Å². The smallest absolute Gasteiger partial charge is 0.306 e. The lowest BCUT2D eigenvalue weighted by Gasteiger charge is -2.18. The molecule has 0 aromatic heterocycles. The first-order valence-electron chi connectivity index (χ1n) is 28.4. The number of carbonyl (C=O) groups is 3. The molecule has 0 N–H and O–H groups in total. The topological polar surface area (TPSA) is 78.9 Å². The molecule has 0 aliphatic rings. The molecule has 0 saturated carbocycles. The van der Waals surface area contributed by atoms with Crippen LogP contribution in [0.5, 0.6) is 0 Å². The second kappa shape index (κ2) is 56.7. The Labute approximate surface area is 425 Å². The summed E-state index contributed by atoms with van der Waals surface area (Å²) < 4.78 is 16.8. The first-order valence-corrected chi connectivity index (χ1v) is 28.4. The molecule has 0 aromatic carbocycles. The van der Waals surface area contributed by atoms with Gasteiger partial charge in [0.05, 0.1) is 0 Å². The van der Waals surface area contributed by atoms with E-state index < -0.39 is 6.10 Å². The van der Waals surface area contributed by atoms with E-state index >= 15 is 0 Å². The number of hydrogen-bond donors (Lipinski definition) is 0. The summed E-state index contributed by atoms with van der Waals surface area (Å²) in [5.41, 5.74) is 0. The van der Waals surface area contributed by atoms with E-state index in [4.69, 9.17) is 14.2 Å². The van der Waals surface area contributed by atoms with Gasteiger partial charge < -0.3 is 14.2 Å². The van der Waals surface area contributed by atoms with Crippen LogP contribution in [0.15, 0.2) is 109 Å². The first-order chi connectivity index (χ1) is 34.0. The number of ether oxygens (including phenoxy) is 3. The normalized spacial score (nSPS) is 12.9. The molecular weight excluding hydrogens is 853 g/mol. The Morgan fingerprint density at radius 3 is 0.942 bits per heavy atom. The maximum absolute atomic E-state index is 12.8. The van der Waals surface area contributed by atoms with Crippen LogP contribution in [0.4, 0.5) is 0 Å². The van der Waals surface area contributed by atoms with Crippen LogP contribution in [-0.4, -0.2) is 37.2 Å². The molecule has 0 bridgehead atoms. The first kappa shape index (κ1) is 65.1. The highest BCUT2D eigenvalue weighted by molar-refractivity contribution is 5.71. The molecule has 0 fully saturated rings. The van der Waals surface area contributed by atoms with Gasteiger partial charge in [-0.25, -0.2) is 0 Å². The Kier molecular flexibility index (Phi) is 53.4. The zero-order valence-electron chi connectivity index (χ0n) is 44.8. The molecule has 0 radical (unpaired) electrons. The summed E-state index contributed by atoms with van der Waals surface area (Å²) in [5.74, 6) is -0.956. The summed E-state index contributed by atoms with van der Waals surface area (Å²) in [6, 6.07) is 0. The van der Waals surface area contributed by atoms with Crippen molar-refractivity contribution in [2.24, 2.45) is 0 Å². The van der Waals surface area contributed by atoms with Crippen molar-refractivity contribution in [2.75, 3.05) is 13.2 Å². The Hall–Kier alpha value is -3.93. The molecule has 6 heteroatoms. The quantitative estimate of drug-likeness (QED) is 0.0262. The number of rotatable bonds is 50. The van der Waals surface area contributed by atoms with Crippen molar-refractivity contribution in [1.29, 1.82) is 0 Å². The fraction of sp³-hybridized carbons (Fsp3) is 0.667. The summed E-state index contributed by atoms with van der Waals surface area (Å²) >= 11 is 0. The Balaban J connectivity index is 4.46. The number of hydrogen-bond acceptors (Lipinski definition) is 6. The standard InChI is InChI=1S/C63H104O6/c1-4-7-10-13-16-19-22-24-26-28-30-31-33-34-36-38-41-44-47-50-53-56-62(65)68-59-60(58-67-61(64)55-52-49-46-43-40-21-18-15-12-9-6-3)69-63(66)57-54-51-48-45-42-39-37-35-32-29-27-25-23-20-17-14-11-8-5-2/h7,10,16-17,19-20,24-27,30-32,34-36,41,44,60H,4-6,8-9,11-15,18,21-23,28-29,33,37-40,42-43,45-59H2,1-3H3/b10-7-,19-16-,20-17-,26-24-,27-25-,31-30-,35-32-,36-34-,44-41-. The Morgan fingerprint density at radius 1 is 0.304 bits per heavy atom. The van der Waals surface area contributed by atoms with Crippen LogP contribution in [0.1, 0.15) is 252 Å². The molecule has 0 heterocycles. The lowest BCUT2D eigenvalue weighted by atomic mass is 10.1. The van der Waals surface area contributed by atoms with E-state index in [2.05, 4.69) is 130 Å². The van der Waals surface area contributed by atoms with Gasteiger partial charge in [-0.05, 0) is 109 Å². The molecule has 0 aliphatic heterocycles. The van der Waals surface area contributed by atoms with Crippen LogP contribution < -0.4 is 0 Å². The van der Waals surface area contributed by atoms with Crippen molar-refractivity contribution in [2.45, 2.75) is 258 Å². The number of unbranched alkanes of at least 4 members (excludes halogenated alkanes) is 21. The second-order valence-electron chi connectivity index (χ2n) is 18.5. The van der Waals surface area contributed by atoms with Gasteiger partial charge in [-0.15, -0.1) is 0 Å². The molecule has 1 atom stereocenters. The van der Waals surface area contributed by atoms with Crippen molar-refractivity contribution in [3.63, 3.8) is 0 Å². The van der Waals surface area contributed by atoms with Gasteiger partial charge in [0.25, 0.3) is 0 Å². The van der Waals surface area contributed by atoms with Crippen molar-refractivity contribution in [1.82, 2.24) is 0 Å². The van der Waals surface area contributed by atoms with E-state index in [1.165, 1.54) is 89.9 Å². The van der Waals surface area contributed by atoms with E-state index in [9.17, 15) is 14.4 Å². The van der Waals surface area contributed by atoms with Gasteiger partial charge in [0.1, 0.15) is 13.2 Å². The molecule has 392 valence electrons. The van der Waals surface area contributed by atoms with Crippen molar-refractivity contribution < 1.29 is 28.6 Å². The zero-order valence-corrected chi connectivity index (χ0v) is 44.8. The zero-order chi connectivity index (χ0) is 50.0. The average molecular weight is 958 g/mol. The van der Waals surface area contributed by atoms with Crippen LogP contribution in [0.2, 0.25) is 0 Å². The lowest BCUT2D eigenvalue weighted by Crippen LogP contribution is -2.30. The molecule has 6 nitrogen and oxygen atoms in total. The molecule has 0 spiro atoms. The highest BCUT2D eigenvalue weighted by Crippen LogP contribution is 2.14. The maximum atomic E-state index is 12.8. The highest BCUT2D eigenvalue weighted by atomic mass is 16.6. The number of esters is 3. The monoisotopic (exact) mass is 957 g/mol. The van der Waals surface area contributed by atoms with E-state index in [-0.39, 0.29) is 31.1 Å². The largest absolute Gasteiger partial charge is 0.462 e. The predicted molar refractivity (Wildman–Crippen MR) is 297 cm³/mol. The summed E-state index contributed by atoms with van der Waals surface area (Å²) in [7, 11) is 0. The molecule has 0 aromatic rings. The van der Waals surface area contributed by atoms with E-state index in [1.54, 1.807) is 0 Å². The Morgan fingerprint density at radius 2 is 0.565 bits per heavy atom. The van der Waals surface area contributed by atoms with Gasteiger partial charge in [-0.2, -0.15) is 0 Å². The fourth-order valence-corrected chi connectivity index (χ4v) is 7.51. The van der Waals surface area contributed by atoms with Gasteiger partial charge in [-0.1, -0.05) is 233 Å². The minimum atomic E-state index is -0.803. The summed E-state index contributed by atoms with van der Waals surface area (Å²) in [6.45, 7) is 6.44. The van der Waals surface area contributed by atoms with Crippen LogP contribution in [0, 0.1) is 0 Å². The summed E-state index contributed by atoms with van der Waals surface area (Å²) in [6.07, 6.45) is 76.5. The predicted octanol–water partition coefficient (Wildman–Crippen LogP) is 19.1. The van der Waals surface area contributed by atoms with Crippen LogP contribution in [0.3, 0.4) is 0 Å². The van der Waals surface area contributed by atoms with E-state index in [0.29, 0.717) is 19.3 Å². The molecule has 0 rings (SSSR count). The average Bonchev–Trinajstić information content (AvgIpc) is 3.35. The SMILES string of the molecule is CC/C=C\C/C=C\C/C=C\C/C=C\C/C=C\C/C=C\CCCCC(=O)OCC(COC(=O)CCCCCCCCCCCCC)OC(=O)CCCCCCCC/C=C\C/C=C\C/C=C\CCCCC. The van der Waals surface area contributed by atoms with Crippen molar-refractivity contribution in [3.05, 3.63) is 109 Å². The molecule has 0 aliphatic carbocycles. The van der Waals surface area contributed by atoms with E-state index in [0.717, 1.165) is 122 Å². The Bertz CT molecular complexity index is 1420. The van der Waals surface area contributed by atoms with Crippen LogP contribution in [-0.2, 0) is 28.6 Å². The summed E-state index contributed by atoms with van der Waals surface area (Å²) in [5, 5.41) is 0. The van der Waals surface area contributed by atoms with Gasteiger partial charge in [-0.3, -0.25) is 14.4 Å². The van der Waals surface area contributed by atoms with Crippen LogP contribution in [0.25, 0.3) is 0 Å². The number of allylic oxidation sites excluding steroid dienone is 18. The molecular formula is C63H104O6. The highest BCUT2D eigenvalue weighted by Gasteiger charge is 2.19. The van der Waals surface area contributed by atoms with Crippen LogP contribution >= 0.6 is 0 Å². The third kappa shape index (κ3) is 54.9. The minimum absolute atomic E-state index is 0.0974. The van der Waals surface area contributed by atoms with Crippen molar-refractivity contribution >= 4 is 17.9 Å². The minimum Gasteiger partial charge on any atom is -0.462 e. The van der Waals surface area contributed by atoms with Gasteiger partial charge in [0, 0.05) is 19.3 Å². The maximum Gasteiger partial charge on any atom is 0.306 e. The molecule has 69 heavy (non-hydrogen) atoms. The van der Waals surface area contributed by atoms with E-state index in [1.807, 2.05) is 0 Å². The molecule has 0 saturated heterocycles. The third-order valence-electron chi connectivity index (χ3n) is 11.8. The second-order valence-corrected chi connectivity index (χ2v) is 18.5. The van der Waals surface area contributed by atoms with Gasteiger partial charge in [0.15, 0.2) is 6.10 Å². The summed E-state index contributed by atoms with van der Waals surface area (Å²) in [4.78, 5) is 38.1. The molecule has 0 amide bonds.